The van der Waals surface area contributed by atoms with E-state index in [-0.39, 0.29) is 12.1 Å². The predicted molar refractivity (Wildman–Crippen MR) is 67.3 cm³/mol. The van der Waals surface area contributed by atoms with Crippen LogP contribution in [0.4, 0.5) is 4.79 Å². The van der Waals surface area contributed by atoms with Crippen LogP contribution in [0.1, 0.15) is 24.0 Å². The fourth-order valence-electron chi connectivity index (χ4n) is 2.85. The summed E-state index contributed by atoms with van der Waals surface area (Å²) in [5.74, 6) is 1.78. The molecule has 0 bridgehead atoms. The van der Waals surface area contributed by atoms with Crippen molar-refractivity contribution in [2.75, 3.05) is 26.7 Å². The third kappa shape index (κ3) is 1.79. The number of hydrogen-bond acceptors (Lipinski definition) is 3. The van der Waals surface area contributed by atoms with Crippen LogP contribution in [0.15, 0.2) is 16.5 Å². The first-order valence-corrected chi connectivity index (χ1v) is 6.47. The van der Waals surface area contributed by atoms with Crippen LogP contribution in [-0.4, -0.2) is 48.6 Å². The molecule has 1 aromatic rings. The Bertz CT molecular complexity index is 451. The fraction of sp³-hybridized carbons (Fsp3) is 0.615. The van der Waals surface area contributed by atoms with Crippen LogP contribution in [-0.2, 0) is 0 Å². The molecular weight excluding hydrogens is 230 g/mol. The van der Waals surface area contributed by atoms with Crippen LogP contribution in [0, 0.1) is 6.92 Å². The molecule has 0 spiro atoms. The lowest BCUT2D eigenvalue weighted by Gasteiger charge is -2.22. The SMILES string of the molecule is Cc1ccc(C2CN(C3CCNC3)C(=O)N2C)o1. The lowest BCUT2D eigenvalue weighted by molar-refractivity contribution is 0.183. The molecule has 3 rings (SSSR count). The highest BCUT2D eigenvalue weighted by molar-refractivity contribution is 5.77. The number of carbonyl (C=O) groups excluding carboxylic acids is 1. The minimum Gasteiger partial charge on any atom is -0.464 e. The Morgan fingerprint density at radius 3 is 2.89 bits per heavy atom. The maximum absolute atomic E-state index is 12.3. The summed E-state index contributed by atoms with van der Waals surface area (Å²) in [6, 6.07) is 4.42. The van der Waals surface area contributed by atoms with Crippen molar-refractivity contribution in [3.05, 3.63) is 23.7 Å². The molecule has 3 heterocycles. The molecule has 2 atom stereocenters. The quantitative estimate of drug-likeness (QED) is 0.861. The average molecular weight is 249 g/mol. The van der Waals surface area contributed by atoms with Crippen LogP contribution >= 0.6 is 0 Å². The summed E-state index contributed by atoms with van der Waals surface area (Å²) in [4.78, 5) is 16.0. The zero-order chi connectivity index (χ0) is 12.7. The van der Waals surface area contributed by atoms with Gasteiger partial charge >= 0.3 is 6.03 Å². The van der Waals surface area contributed by atoms with E-state index in [0.717, 1.165) is 37.6 Å². The topological polar surface area (TPSA) is 48.7 Å². The first-order valence-electron chi connectivity index (χ1n) is 6.47. The second-order valence-electron chi connectivity index (χ2n) is 5.16. The highest BCUT2D eigenvalue weighted by Crippen LogP contribution is 2.31. The molecule has 2 amide bonds. The van der Waals surface area contributed by atoms with E-state index < -0.39 is 0 Å². The molecule has 1 N–H and O–H groups in total. The molecule has 0 radical (unpaired) electrons. The molecular formula is C13H19N3O2. The Morgan fingerprint density at radius 1 is 1.44 bits per heavy atom. The van der Waals surface area contributed by atoms with E-state index in [0.29, 0.717) is 6.04 Å². The molecule has 2 fully saturated rings. The van der Waals surface area contributed by atoms with Crippen LogP contribution < -0.4 is 5.32 Å². The summed E-state index contributed by atoms with van der Waals surface area (Å²) < 4.78 is 5.66. The van der Waals surface area contributed by atoms with Crippen LogP contribution in [0.5, 0.6) is 0 Å². The van der Waals surface area contributed by atoms with Gasteiger partial charge in [-0.2, -0.15) is 0 Å². The highest BCUT2D eigenvalue weighted by atomic mass is 16.3. The average Bonchev–Trinajstić information content (AvgIpc) is 3.04. The lowest BCUT2D eigenvalue weighted by atomic mass is 10.2. The second-order valence-corrected chi connectivity index (χ2v) is 5.16. The third-order valence-corrected chi connectivity index (χ3v) is 3.95. The maximum atomic E-state index is 12.3. The van der Waals surface area contributed by atoms with E-state index >= 15 is 0 Å². The number of rotatable bonds is 2. The van der Waals surface area contributed by atoms with Gasteiger partial charge in [0.15, 0.2) is 0 Å². The van der Waals surface area contributed by atoms with E-state index in [2.05, 4.69) is 5.32 Å². The molecule has 0 aromatic carbocycles. The number of nitrogens with zero attached hydrogens (tertiary/aromatic N) is 2. The molecule has 1 aromatic heterocycles. The van der Waals surface area contributed by atoms with E-state index in [9.17, 15) is 4.79 Å². The normalized spacial score (nSPS) is 28.4. The summed E-state index contributed by atoms with van der Waals surface area (Å²) in [6.45, 7) is 4.57. The standard InChI is InChI=1S/C13H19N3O2/c1-9-3-4-12(18-9)11-8-16(13(17)15(11)2)10-5-6-14-7-10/h3-4,10-11,14H,5-8H2,1-2H3. The number of urea groups is 1. The Morgan fingerprint density at radius 2 is 2.28 bits per heavy atom. The summed E-state index contributed by atoms with van der Waals surface area (Å²) in [5.41, 5.74) is 0. The first-order chi connectivity index (χ1) is 8.66. The minimum atomic E-state index is 0.0480. The van der Waals surface area contributed by atoms with Gasteiger partial charge in [0.25, 0.3) is 0 Å². The smallest absolute Gasteiger partial charge is 0.320 e. The fourth-order valence-corrected chi connectivity index (χ4v) is 2.85. The number of nitrogens with one attached hydrogen (secondary N) is 1. The van der Waals surface area contributed by atoms with Crippen molar-refractivity contribution in [3.63, 3.8) is 0 Å². The van der Waals surface area contributed by atoms with Crippen molar-refractivity contribution >= 4 is 6.03 Å². The molecule has 2 unspecified atom stereocenters. The van der Waals surface area contributed by atoms with Crippen molar-refractivity contribution in [1.29, 1.82) is 0 Å². The Hall–Kier alpha value is -1.49. The number of hydrogen-bond donors (Lipinski definition) is 1. The zero-order valence-corrected chi connectivity index (χ0v) is 10.8. The summed E-state index contributed by atoms with van der Waals surface area (Å²) >= 11 is 0. The molecule has 2 aliphatic heterocycles. The molecule has 2 saturated heterocycles. The number of carbonyl (C=O) groups is 1. The molecule has 18 heavy (non-hydrogen) atoms. The number of likely N-dealkylation sites (N-methyl/N-ethyl adjacent to an activating group) is 1. The van der Waals surface area contributed by atoms with Crippen LogP contribution in [0.25, 0.3) is 0 Å². The van der Waals surface area contributed by atoms with Crippen molar-refractivity contribution in [3.8, 4) is 0 Å². The Labute approximate surface area is 107 Å². The Balaban J connectivity index is 1.80. The monoisotopic (exact) mass is 249 g/mol. The van der Waals surface area contributed by atoms with Crippen LogP contribution in [0.3, 0.4) is 0 Å². The largest absolute Gasteiger partial charge is 0.464 e. The van der Waals surface area contributed by atoms with E-state index in [1.54, 1.807) is 4.90 Å². The molecule has 5 heteroatoms. The van der Waals surface area contributed by atoms with Crippen molar-refractivity contribution in [2.45, 2.75) is 25.4 Å². The number of aryl methyl sites for hydroxylation is 1. The molecule has 0 saturated carbocycles. The van der Waals surface area contributed by atoms with Gasteiger partial charge in [-0.1, -0.05) is 0 Å². The van der Waals surface area contributed by atoms with Crippen molar-refractivity contribution in [2.24, 2.45) is 0 Å². The maximum Gasteiger partial charge on any atom is 0.320 e. The second kappa shape index (κ2) is 4.31. The van der Waals surface area contributed by atoms with Gasteiger partial charge in [0, 0.05) is 19.6 Å². The van der Waals surface area contributed by atoms with Gasteiger partial charge < -0.3 is 19.5 Å². The van der Waals surface area contributed by atoms with Crippen molar-refractivity contribution in [1.82, 2.24) is 15.1 Å². The van der Waals surface area contributed by atoms with Gasteiger partial charge in [-0.3, -0.25) is 0 Å². The summed E-state index contributed by atoms with van der Waals surface area (Å²) in [6.07, 6.45) is 1.05. The van der Waals surface area contributed by atoms with Crippen molar-refractivity contribution < 1.29 is 9.21 Å². The molecule has 2 aliphatic rings. The van der Waals surface area contributed by atoms with Gasteiger partial charge in [0.2, 0.25) is 0 Å². The molecule has 5 nitrogen and oxygen atoms in total. The zero-order valence-electron chi connectivity index (χ0n) is 10.8. The highest BCUT2D eigenvalue weighted by Gasteiger charge is 2.41. The van der Waals surface area contributed by atoms with Crippen LogP contribution in [0.2, 0.25) is 0 Å². The van der Waals surface area contributed by atoms with E-state index in [1.165, 1.54) is 0 Å². The minimum absolute atomic E-state index is 0.0480. The van der Waals surface area contributed by atoms with Gasteiger partial charge in [-0.15, -0.1) is 0 Å². The van der Waals surface area contributed by atoms with Gasteiger partial charge in [-0.05, 0) is 32.0 Å². The molecule has 98 valence electrons. The first kappa shape index (κ1) is 11.6. The third-order valence-electron chi connectivity index (χ3n) is 3.95. The van der Waals surface area contributed by atoms with Gasteiger partial charge in [-0.25, -0.2) is 4.79 Å². The predicted octanol–water partition coefficient (Wildman–Crippen LogP) is 1.36. The number of furan rings is 1. The summed E-state index contributed by atoms with van der Waals surface area (Å²) in [5, 5.41) is 3.31. The van der Waals surface area contributed by atoms with Gasteiger partial charge in [0.1, 0.15) is 17.6 Å². The van der Waals surface area contributed by atoms with E-state index in [1.807, 2.05) is 31.0 Å². The summed E-state index contributed by atoms with van der Waals surface area (Å²) in [7, 11) is 1.85. The lowest BCUT2D eigenvalue weighted by Crippen LogP contribution is -2.39. The van der Waals surface area contributed by atoms with Gasteiger partial charge in [0.05, 0.1) is 6.54 Å². The molecule has 0 aliphatic carbocycles. The Kier molecular flexibility index (Phi) is 2.78. The van der Waals surface area contributed by atoms with E-state index in [4.69, 9.17) is 4.42 Å². The number of amides is 2.